The number of anilines is 2. The van der Waals surface area contributed by atoms with Gasteiger partial charge in [-0.25, -0.2) is 4.98 Å². The lowest BCUT2D eigenvalue weighted by molar-refractivity contribution is -0.136. The second-order valence-corrected chi connectivity index (χ2v) is 4.35. The molecule has 0 saturated heterocycles. The second-order valence-electron chi connectivity index (χ2n) is 3.63. The molecule has 1 heterocycles. The number of nitrogens with zero attached hydrogens (tertiary/aromatic N) is 1. The lowest BCUT2D eigenvalue weighted by Crippen LogP contribution is -2.17. The minimum atomic E-state index is -4.60. The van der Waals surface area contributed by atoms with Gasteiger partial charge in [-0.15, -0.1) is 11.3 Å². The maximum Gasteiger partial charge on any atom is 0.418 e. The Hall–Kier alpha value is -2.09. The summed E-state index contributed by atoms with van der Waals surface area (Å²) in [5.74, 6) is -0.698. The summed E-state index contributed by atoms with van der Waals surface area (Å²) < 4.78 is 38.4. The van der Waals surface area contributed by atoms with E-state index < -0.39 is 17.6 Å². The molecule has 3 N–H and O–H groups in total. The summed E-state index contributed by atoms with van der Waals surface area (Å²) in [4.78, 5) is 15.4. The van der Waals surface area contributed by atoms with Gasteiger partial charge in [0.2, 0.25) is 0 Å². The van der Waals surface area contributed by atoms with Gasteiger partial charge in [0.15, 0.2) is 0 Å². The molecule has 0 unspecified atom stereocenters. The van der Waals surface area contributed by atoms with E-state index in [2.05, 4.69) is 10.3 Å². The van der Waals surface area contributed by atoms with Gasteiger partial charge in [0.05, 0.1) is 16.8 Å². The summed E-state index contributed by atoms with van der Waals surface area (Å²) in [5.41, 5.74) is 5.44. The van der Waals surface area contributed by atoms with Crippen LogP contribution in [0.15, 0.2) is 29.1 Å². The summed E-state index contributed by atoms with van der Waals surface area (Å²) in [6.07, 6.45) is -4.60. The van der Waals surface area contributed by atoms with E-state index >= 15 is 0 Å². The number of halogens is 3. The molecule has 0 aliphatic rings. The molecule has 0 saturated carbocycles. The van der Waals surface area contributed by atoms with Crippen molar-refractivity contribution in [1.82, 2.24) is 4.98 Å². The van der Waals surface area contributed by atoms with Gasteiger partial charge in [0.1, 0.15) is 5.69 Å². The molecule has 0 radical (unpaired) electrons. The number of nitrogens with one attached hydrogen (secondary N) is 1. The van der Waals surface area contributed by atoms with Crippen molar-refractivity contribution in [3.05, 3.63) is 40.3 Å². The predicted octanol–water partition coefficient (Wildman–Crippen LogP) is 3.00. The van der Waals surface area contributed by atoms with Crippen LogP contribution in [-0.4, -0.2) is 10.9 Å². The molecule has 0 fully saturated rings. The molecule has 0 aliphatic carbocycles. The average Bonchev–Trinajstić information content (AvgIpc) is 2.83. The summed E-state index contributed by atoms with van der Waals surface area (Å²) in [6, 6.07) is 3.17. The first-order valence-corrected chi connectivity index (χ1v) is 5.98. The lowest BCUT2D eigenvalue weighted by Gasteiger charge is -2.13. The Balaban J connectivity index is 2.33. The largest absolute Gasteiger partial charge is 0.418 e. The number of hydrogen-bond acceptors (Lipinski definition) is 4. The number of carbonyl (C=O) groups is 1. The third-order valence-corrected chi connectivity index (χ3v) is 2.85. The Bertz CT molecular complexity index is 596. The van der Waals surface area contributed by atoms with Gasteiger partial charge in [-0.05, 0) is 18.2 Å². The van der Waals surface area contributed by atoms with E-state index in [0.29, 0.717) is 0 Å². The highest BCUT2D eigenvalue weighted by Gasteiger charge is 2.34. The normalized spacial score (nSPS) is 11.3. The molecule has 0 spiro atoms. The third-order valence-electron chi connectivity index (χ3n) is 2.26. The quantitative estimate of drug-likeness (QED) is 0.834. The molecule has 100 valence electrons. The molecule has 0 atom stereocenters. The molecule has 8 heteroatoms. The van der Waals surface area contributed by atoms with E-state index in [1.165, 1.54) is 28.3 Å². The Morgan fingerprint density at radius 3 is 2.68 bits per heavy atom. The van der Waals surface area contributed by atoms with E-state index in [0.717, 1.165) is 12.1 Å². The molecule has 0 aliphatic heterocycles. The van der Waals surface area contributed by atoms with Gasteiger partial charge in [0.25, 0.3) is 5.91 Å². The molecular weight excluding hydrogens is 279 g/mol. The van der Waals surface area contributed by atoms with Crippen LogP contribution in [0.2, 0.25) is 0 Å². The van der Waals surface area contributed by atoms with Crippen molar-refractivity contribution in [3.8, 4) is 0 Å². The fraction of sp³-hybridized carbons (Fsp3) is 0.0909. The van der Waals surface area contributed by atoms with Gasteiger partial charge < -0.3 is 11.1 Å². The number of aromatic nitrogens is 1. The van der Waals surface area contributed by atoms with Crippen LogP contribution in [0.25, 0.3) is 0 Å². The minimum absolute atomic E-state index is 0.0287. The first kappa shape index (κ1) is 13.3. The van der Waals surface area contributed by atoms with Crippen molar-refractivity contribution in [2.24, 2.45) is 0 Å². The lowest BCUT2D eigenvalue weighted by atomic mass is 10.1. The number of nitrogens with two attached hydrogens (primary N) is 1. The summed E-state index contributed by atoms with van der Waals surface area (Å²) >= 11 is 1.18. The standard InChI is InChI=1S/C11H8F3N3OS/c12-11(13,14)7-3-6(15)1-2-8(7)17-10(18)9-4-19-5-16-9/h1-5H,15H2,(H,17,18). The highest BCUT2D eigenvalue weighted by Crippen LogP contribution is 2.36. The Kier molecular flexibility index (Phi) is 3.43. The van der Waals surface area contributed by atoms with Crippen LogP contribution < -0.4 is 11.1 Å². The maximum atomic E-state index is 12.8. The van der Waals surface area contributed by atoms with Crippen LogP contribution in [0.4, 0.5) is 24.5 Å². The molecule has 2 rings (SSSR count). The van der Waals surface area contributed by atoms with Crippen LogP contribution in [-0.2, 0) is 6.18 Å². The Morgan fingerprint density at radius 2 is 2.11 bits per heavy atom. The molecule has 0 bridgehead atoms. The molecule has 1 aromatic heterocycles. The van der Waals surface area contributed by atoms with Crippen LogP contribution in [0.3, 0.4) is 0 Å². The maximum absolute atomic E-state index is 12.8. The number of thiazole rings is 1. The fourth-order valence-corrected chi connectivity index (χ4v) is 1.95. The molecule has 4 nitrogen and oxygen atoms in total. The topological polar surface area (TPSA) is 68.0 Å². The highest BCUT2D eigenvalue weighted by molar-refractivity contribution is 7.07. The van der Waals surface area contributed by atoms with Crippen molar-refractivity contribution in [2.75, 3.05) is 11.1 Å². The average molecular weight is 287 g/mol. The van der Waals surface area contributed by atoms with Crippen LogP contribution in [0.5, 0.6) is 0 Å². The van der Waals surface area contributed by atoms with Gasteiger partial charge >= 0.3 is 6.18 Å². The monoisotopic (exact) mass is 287 g/mol. The first-order valence-electron chi connectivity index (χ1n) is 5.04. The van der Waals surface area contributed by atoms with Gasteiger partial charge in [0, 0.05) is 11.1 Å². The van der Waals surface area contributed by atoms with E-state index in [9.17, 15) is 18.0 Å². The molecular formula is C11H8F3N3OS. The van der Waals surface area contributed by atoms with Crippen molar-refractivity contribution in [2.45, 2.75) is 6.18 Å². The molecule has 19 heavy (non-hydrogen) atoms. The zero-order chi connectivity index (χ0) is 14.0. The molecule has 1 aromatic carbocycles. The predicted molar refractivity (Wildman–Crippen MR) is 65.9 cm³/mol. The number of amides is 1. The SMILES string of the molecule is Nc1ccc(NC(=O)c2cscn2)c(C(F)(F)F)c1. The zero-order valence-corrected chi connectivity index (χ0v) is 10.2. The number of nitrogen functional groups attached to an aromatic ring is 1. The first-order chi connectivity index (χ1) is 8.88. The summed E-state index contributed by atoms with van der Waals surface area (Å²) in [6.45, 7) is 0. The van der Waals surface area contributed by atoms with E-state index in [-0.39, 0.29) is 17.1 Å². The number of carbonyl (C=O) groups excluding carboxylic acids is 1. The van der Waals surface area contributed by atoms with Crippen molar-refractivity contribution in [3.63, 3.8) is 0 Å². The number of benzene rings is 1. The molecule has 2 aromatic rings. The fourth-order valence-electron chi connectivity index (χ4n) is 1.42. The summed E-state index contributed by atoms with van der Waals surface area (Å²) in [7, 11) is 0. The highest BCUT2D eigenvalue weighted by atomic mass is 32.1. The van der Waals surface area contributed by atoms with E-state index in [1.54, 1.807) is 0 Å². The number of rotatable bonds is 2. The van der Waals surface area contributed by atoms with E-state index in [1.807, 2.05) is 0 Å². The number of hydrogen-bond donors (Lipinski definition) is 2. The van der Waals surface area contributed by atoms with Crippen LogP contribution in [0, 0.1) is 0 Å². The van der Waals surface area contributed by atoms with Gasteiger partial charge in [-0.3, -0.25) is 4.79 Å². The van der Waals surface area contributed by atoms with Gasteiger partial charge in [-0.1, -0.05) is 0 Å². The van der Waals surface area contributed by atoms with E-state index in [4.69, 9.17) is 5.73 Å². The summed E-state index contributed by atoms with van der Waals surface area (Å²) in [5, 5.41) is 3.62. The smallest absolute Gasteiger partial charge is 0.399 e. The van der Waals surface area contributed by atoms with Crippen molar-refractivity contribution >= 4 is 28.6 Å². The van der Waals surface area contributed by atoms with Crippen molar-refractivity contribution in [1.29, 1.82) is 0 Å². The van der Waals surface area contributed by atoms with Crippen molar-refractivity contribution < 1.29 is 18.0 Å². The third kappa shape index (κ3) is 3.02. The minimum Gasteiger partial charge on any atom is -0.399 e. The zero-order valence-electron chi connectivity index (χ0n) is 9.36. The number of alkyl halides is 3. The second kappa shape index (κ2) is 4.88. The Labute approximate surface area is 110 Å². The van der Waals surface area contributed by atoms with Crippen LogP contribution in [0.1, 0.15) is 16.1 Å². The van der Waals surface area contributed by atoms with Gasteiger partial charge in [-0.2, -0.15) is 13.2 Å². The Morgan fingerprint density at radius 1 is 1.37 bits per heavy atom. The van der Waals surface area contributed by atoms with Crippen LogP contribution >= 0.6 is 11.3 Å². The molecule has 1 amide bonds.